The normalized spacial score (nSPS) is 16.4. The lowest BCUT2D eigenvalue weighted by molar-refractivity contribution is 0.0785. The predicted molar refractivity (Wildman–Crippen MR) is 106 cm³/mol. The monoisotopic (exact) mass is 360 g/mol. The molecule has 1 saturated heterocycles. The minimum atomic E-state index is 0.0437. The first-order valence-electron chi connectivity index (χ1n) is 9.36. The van der Waals surface area contributed by atoms with E-state index >= 15 is 0 Å². The van der Waals surface area contributed by atoms with Crippen LogP contribution in [0.5, 0.6) is 0 Å². The molecule has 1 aliphatic rings. The molecule has 1 fully saturated rings. The quantitative estimate of drug-likeness (QED) is 0.760. The summed E-state index contributed by atoms with van der Waals surface area (Å²) in [5.41, 5.74) is 4.15. The number of benzene rings is 2. The fourth-order valence-corrected chi connectivity index (χ4v) is 3.58. The van der Waals surface area contributed by atoms with Gasteiger partial charge in [-0.15, -0.1) is 0 Å². The number of nitrogens with one attached hydrogen (secondary N) is 1. The van der Waals surface area contributed by atoms with Crippen molar-refractivity contribution in [2.75, 3.05) is 20.1 Å². The van der Waals surface area contributed by atoms with Gasteiger partial charge in [0.1, 0.15) is 0 Å². The Labute approximate surface area is 159 Å². The summed E-state index contributed by atoms with van der Waals surface area (Å²) in [4.78, 5) is 14.5. The molecule has 0 unspecified atom stereocenters. The van der Waals surface area contributed by atoms with Crippen LogP contribution in [0, 0.1) is 0 Å². The lowest BCUT2D eigenvalue weighted by Crippen LogP contribution is -2.26. The zero-order chi connectivity index (χ0) is 18.6. The van der Waals surface area contributed by atoms with Gasteiger partial charge in [-0.3, -0.25) is 4.79 Å². The summed E-state index contributed by atoms with van der Waals surface area (Å²) in [7, 11) is 1.85. The molecule has 1 N–H and O–H groups in total. The summed E-state index contributed by atoms with van der Waals surface area (Å²) in [6, 6.07) is 18.1. The maximum Gasteiger partial charge on any atom is 0.253 e. The van der Waals surface area contributed by atoms with Crippen molar-refractivity contribution in [3.8, 4) is 5.69 Å². The smallest absolute Gasteiger partial charge is 0.253 e. The summed E-state index contributed by atoms with van der Waals surface area (Å²) in [5.74, 6) is 0.613. The van der Waals surface area contributed by atoms with Gasteiger partial charge in [0.05, 0.1) is 5.69 Å². The average molecular weight is 360 g/mol. The van der Waals surface area contributed by atoms with E-state index in [0.717, 1.165) is 29.9 Å². The fraction of sp³-hybridized carbons (Fsp3) is 0.273. The van der Waals surface area contributed by atoms with Crippen molar-refractivity contribution in [3.05, 3.63) is 83.7 Å². The Morgan fingerprint density at radius 3 is 2.59 bits per heavy atom. The molecule has 27 heavy (non-hydrogen) atoms. The third-order valence-corrected chi connectivity index (χ3v) is 5.16. The third kappa shape index (κ3) is 3.93. The van der Waals surface area contributed by atoms with Gasteiger partial charge in [0, 0.05) is 38.1 Å². The van der Waals surface area contributed by atoms with Crippen LogP contribution in [0.4, 0.5) is 0 Å². The van der Waals surface area contributed by atoms with Crippen molar-refractivity contribution in [1.82, 2.24) is 20.0 Å². The van der Waals surface area contributed by atoms with Gasteiger partial charge in [-0.1, -0.05) is 24.3 Å². The van der Waals surface area contributed by atoms with Gasteiger partial charge >= 0.3 is 0 Å². The van der Waals surface area contributed by atoms with Gasteiger partial charge in [0.2, 0.25) is 0 Å². The molecule has 2 aromatic carbocycles. The van der Waals surface area contributed by atoms with Crippen LogP contribution in [-0.4, -0.2) is 40.7 Å². The molecule has 1 amide bonds. The summed E-state index contributed by atoms with van der Waals surface area (Å²) in [6.07, 6.45) is 4.84. The highest BCUT2D eigenvalue weighted by Crippen LogP contribution is 2.23. The van der Waals surface area contributed by atoms with E-state index in [2.05, 4.69) is 22.5 Å². The van der Waals surface area contributed by atoms with Gasteiger partial charge in [-0.25, -0.2) is 4.68 Å². The second-order valence-electron chi connectivity index (χ2n) is 7.09. The number of hydrogen-bond acceptors (Lipinski definition) is 3. The van der Waals surface area contributed by atoms with Gasteiger partial charge in [0.15, 0.2) is 0 Å². The minimum absolute atomic E-state index is 0.0437. The van der Waals surface area contributed by atoms with Crippen molar-refractivity contribution in [2.24, 2.45) is 0 Å². The van der Waals surface area contributed by atoms with Crippen LogP contribution in [0.25, 0.3) is 5.69 Å². The highest BCUT2D eigenvalue weighted by Gasteiger charge is 2.17. The van der Waals surface area contributed by atoms with E-state index in [9.17, 15) is 4.79 Å². The number of aromatic nitrogens is 2. The maximum atomic E-state index is 12.7. The summed E-state index contributed by atoms with van der Waals surface area (Å²) in [5, 5.41) is 7.61. The molecular weight excluding hydrogens is 336 g/mol. The van der Waals surface area contributed by atoms with Gasteiger partial charge < -0.3 is 10.2 Å². The number of rotatable bonds is 5. The van der Waals surface area contributed by atoms with Crippen LogP contribution in [-0.2, 0) is 6.54 Å². The zero-order valence-corrected chi connectivity index (χ0v) is 15.5. The molecule has 1 atom stereocenters. The van der Waals surface area contributed by atoms with Crippen LogP contribution in [0.3, 0.4) is 0 Å². The molecular formula is C22H24N4O. The first kappa shape index (κ1) is 17.5. The SMILES string of the molecule is CN(Cc1ccc(-n2cccn2)cc1)C(=O)c1ccc([C@H]2CCNC2)cc1. The number of carbonyl (C=O) groups is 1. The molecule has 0 saturated carbocycles. The van der Waals surface area contributed by atoms with E-state index in [1.807, 2.05) is 60.4 Å². The Morgan fingerprint density at radius 2 is 1.96 bits per heavy atom. The van der Waals surface area contributed by atoms with Crippen LogP contribution < -0.4 is 5.32 Å². The highest BCUT2D eigenvalue weighted by molar-refractivity contribution is 5.94. The first-order valence-corrected chi connectivity index (χ1v) is 9.36. The Morgan fingerprint density at radius 1 is 1.19 bits per heavy atom. The molecule has 138 valence electrons. The van der Waals surface area contributed by atoms with Crippen molar-refractivity contribution in [3.63, 3.8) is 0 Å². The highest BCUT2D eigenvalue weighted by atomic mass is 16.2. The largest absolute Gasteiger partial charge is 0.337 e. The zero-order valence-electron chi connectivity index (χ0n) is 15.5. The van der Waals surface area contributed by atoms with Crippen molar-refractivity contribution in [1.29, 1.82) is 0 Å². The average Bonchev–Trinajstić information content (AvgIpc) is 3.42. The third-order valence-electron chi connectivity index (χ3n) is 5.16. The minimum Gasteiger partial charge on any atom is -0.337 e. The van der Waals surface area contributed by atoms with Crippen molar-refractivity contribution in [2.45, 2.75) is 18.9 Å². The van der Waals surface area contributed by atoms with E-state index in [1.165, 1.54) is 12.0 Å². The predicted octanol–water partition coefficient (Wildman–Crippen LogP) is 3.22. The van der Waals surface area contributed by atoms with E-state index in [0.29, 0.717) is 12.5 Å². The van der Waals surface area contributed by atoms with E-state index in [-0.39, 0.29) is 5.91 Å². The van der Waals surface area contributed by atoms with E-state index in [1.54, 1.807) is 11.1 Å². The second-order valence-corrected chi connectivity index (χ2v) is 7.09. The lowest BCUT2D eigenvalue weighted by Gasteiger charge is -2.18. The molecule has 2 heterocycles. The molecule has 4 rings (SSSR count). The molecule has 3 aromatic rings. The Kier molecular flexibility index (Phi) is 5.03. The van der Waals surface area contributed by atoms with Gasteiger partial charge in [-0.2, -0.15) is 5.10 Å². The molecule has 5 heteroatoms. The van der Waals surface area contributed by atoms with Crippen LogP contribution in [0.1, 0.15) is 33.8 Å². The Balaban J connectivity index is 1.40. The van der Waals surface area contributed by atoms with Crippen molar-refractivity contribution < 1.29 is 4.79 Å². The van der Waals surface area contributed by atoms with E-state index in [4.69, 9.17) is 0 Å². The number of carbonyl (C=O) groups excluding carboxylic acids is 1. The molecule has 1 aromatic heterocycles. The number of nitrogens with zero attached hydrogens (tertiary/aromatic N) is 3. The second kappa shape index (κ2) is 7.76. The van der Waals surface area contributed by atoms with Crippen LogP contribution >= 0.6 is 0 Å². The van der Waals surface area contributed by atoms with Crippen LogP contribution in [0.2, 0.25) is 0 Å². The standard InChI is InChI=1S/C22H24N4O/c1-25(16-17-3-9-21(10-4-17)26-14-2-12-24-26)22(27)19-7-5-18(6-8-19)20-11-13-23-15-20/h2-10,12,14,20,23H,11,13,15-16H2,1H3/t20-/m0/s1. The fourth-order valence-electron chi connectivity index (χ4n) is 3.58. The molecule has 1 aliphatic heterocycles. The summed E-state index contributed by atoms with van der Waals surface area (Å²) < 4.78 is 1.82. The van der Waals surface area contributed by atoms with Gasteiger partial charge in [-0.05, 0) is 60.3 Å². The molecule has 0 spiro atoms. The molecule has 0 aliphatic carbocycles. The number of amides is 1. The first-order chi connectivity index (χ1) is 13.2. The van der Waals surface area contributed by atoms with Crippen molar-refractivity contribution >= 4 is 5.91 Å². The van der Waals surface area contributed by atoms with Crippen LogP contribution in [0.15, 0.2) is 67.0 Å². The summed E-state index contributed by atoms with van der Waals surface area (Å²) in [6.45, 7) is 2.68. The topological polar surface area (TPSA) is 50.2 Å². The molecule has 5 nitrogen and oxygen atoms in total. The lowest BCUT2D eigenvalue weighted by atomic mass is 9.97. The molecule has 0 radical (unpaired) electrons. The summed E-state index contributed by atoms with van der Waals surface area (Å²) >= 11 is 0. The van der Waals surface area contributed by atoms with Gasteiger partial charge in [0.25, 0.3) is 5.91 Å². The Bertz CT molecular complexity index is 879. The van der Waals surface area contributed by atoms with E-state index < -0.39 is 0 Å². The number of hydrogen-bond donors (Lipinski definition) is 1. The maximum absolute atomic E-state index is 12.7. The Hall–Kier alpha value is -2.92. The molecule has 0 bridgehead atoms.